The van der Waals surface area contributed by atoms with Crippen molar-refractivity contribution >= 4 is 35.8 Å². The van der Waals surface area contributed by atoms with Gasteiger partial charge in [-0.3, -0.25) is 0 Å². The lowest BCUT2D eigenvalue weighted by Crippen LogP contribution is -2.33. The third-order valence-electron chi connectivity index (χ3n) is 4.34. The van der Waals surface area contributed by atoms with Crippen molar-refractivity contribution in [1.82, 2.24) is 14.9 Å². The second-order valence-electron chi connectivity index (χ2n) is 6.13. The second-order valence-corrected chi connectivity index (χ2v) is 6.56. The molecule has 0 aliphatic carbocycles. The summed E-state index contributed by atoms with van der Waals surface area (Å²) in [6.45, 7) is 3.21. The number of benzene rings is 1. The van der Waals surface area contributed by atoms with Gasteiger partial charge in [0, 0.05) is 23.3 Å². The molecule has 24 heavy (non-hydrogen) atoms. The number of anilines is 2. The van der Waals surface area contributed by atoms with Gasteiger partial charge in [-0.1, -0.05) is 23.7 Å². The van der Waals surface area contributed by atoms with E-state index in [4.69, 9.17) is 17.3 Å². The molecule has 0 atom stereocenters. The molecule has 1 aromatic carbocycles. The summed E-state index contributed by atoms with van der Waals surface area (Å²) in [5, 5.41) is 4.16. The van der Waals surface area contributed by atoms with Crippen LogP contribution in [0.5, 0.6) is 0 Å². The highest BCUT2D eigenvalue weighted by Crippen LogP contribution is 2.29. The first-order valence-electron chi connectivity index (χ1n) is 7.92. The Bertz CT molecular complexity index is 672. The van der Waals surface area contributed by atoms with Crippen LogP contribution in [-0.4, -0.2) is 41.5 Å². The van der Waals surface area contributed by atoms with E-state index in [1.807, 2.05) is 24.3 Å². The molecule has 3 rings (SSSR count). The minimum Gasteiger partial charge on any atom is -0.369 e. The zero-order valence-corrected chi connectivity index (χ0v) is 15.3. The van der Waals surface area contributed by atoms with E-state index in [1.165, 1.54) is 12.8 Å². The zero-order valence-electron chi connectivity index (χ0n) is 13.7. The summed E-state index contributed by atoms with van der Waals surface area (Å²) in [5.41, 5.74) is 7.68. The van der Waals surface area contributed by atoms with Crippen LogP contribution >= 0.6 is 24.0 Å². The number of nitrogens with one attached hydrogen (secondary N) is 1. The van der Waals surface area contributed by atoms with Crippen LogP contribution in [0.1, 0.15) is 12.8 Å². The highest BCUT2D eigenvalue weighted by atomic mass is 35.5. The molecule has 3 N–H and O–H groups in total. The first kappa shape index (κ1) is 18.8. The van der Waals surface area contributed by atoms with Gasteiger partial charge in [-0.25, -0.2) is 4.98 Å². The number of halogens is 2. The quantitative estimate of drug-likeness (QED) is 0.864. The fourth-order valence-corrected chi connectivity index (χ4v) is 3.09. The lowest BCUT2D eigenvalue weighted by Gasteiger charge is -2.29. The summed E-state index contributed by atoms with van der Waals surface area (Å²) >= 11 is 6.10. The van der Waals surface area contributed by atoms with E-state index < -0.39 is 0 Å². The molecule has 0 bridgehead atoms. The molecule has 0 amide bonds. The Morgan fingerprint density at radius 3 is 2.79 bits per heavy atom. The number of aromatic nitrogens is 2. The number of nitrogens with zero attached hydrogens (tertiary/aromatic N) is 3. The first-order chi connectivity index (χ1) is 11.1. The Morgan fingerprint density at radius 1 is 1.33 bits per heavy atom. The maximum absolute atomic E-state index is 6.10. The lowest BCUT2D eigenvalue weighted by atomic mass is 9.97. The molecular weight excluding hydrogens is 345 g/mol. The van der Waals surface area contributed by atoms with Crippen LogP contribution in [0, 0.1) is 5.92 Å². The largest absolute Gasteiger partial charge is 0.369 e. The van der Waals surface area contributed by atoms with Crippen molar-refractivity contribution < 1.29 is 0 Å². The van der Waals surface area contributed by atoms with E-state index in [0.29, 0.717) is 10.9 Å². The monoisotopic (exact) mass is 367 g/mol. The fourth-order valence-electron chi connectivity index (χ4n) is 2.90. The maximum atomic E-state index is 6.10. The first-order valence-corrected chi connectivity index (χ1v) is 8.30. The van der Waals surface area contributed by atoms with E-state index in [1.54, 1.807) is 6.20 Å². The number of hydrogen-bond donors (Lipinski definition) is 2. The van der Waals surface area contributed by atoms with Gasteiger partial charge >= 0.3 is 0 Å². The average Bonchev–Trinajstić information content (AvgIpc) is 2.54. The number of likely N-dealkylation sites (tertiary alicyclic amines) is 1. The smallest absolute Gasteiger partial charge is 0.221 e. The Kier molecular flexibility index (Phi) is 6.66. The van der Waals surface area contributed by atoms with Crippen LogP contribution in [0.3, 0.4) is 0 Å². The Balaban J connectivity index is 0.00000208. The number of piperidine rings is 1. The van der Waals surface area contributed by atoms with Crippen LogP contribution < -0.4 is 11.1 Å². The number of nitrogen functional groups attached to an aromatic ring is 1. The van der Waals surface area contributed by atoms with Crippen LogP contribution in [0.25, 0.3) is 11.1 Å². The van der Waals surface area contributed by atoms with Gasteiger partial charge in [0.05, 0.1) is 0 Å². The molecule has 1 aliphatic heterocycles. The van der Waals surface area contributed by atoms with E-state index in [9.17, 15) is 0 Å². The molecule has 1 saturated heterocycles. The van der Waals surface area contributed by atoms with Gasteiger partial charge < -0.3 is 16.0 Å². The predicted octanol–water partition coefficient (Wildman–Crippen LogP) is 3.55. The molecule has 1 aliphatic rings. The van der Waals surface area contributed by atoms with Crippen LogP contribution in [0.2, 0.25) is 5.02 Å². The summed E-state index contributed by atoms with van der Waals surface area (Å²) in [4.78, 5) is 10.9. The zero-order chi connectivity index (χ0) is 16.2. The van der Waals surface area contributed by atoms with Crippen molar-refractivity contribution in [2.45, 2.75) is 12.8 Å². The fraction of sp³-hybridized carbons (Fsp3) is 0.412. The minimum absolute atomic E-state index is 0. The molecular formula is C17H23Cl2N5. The molecule has 5 nitrogen and oxygen atoms in total. The van der Waals surface area contributed by atoms with Gasteiger partial charge in [-0.15, -0.1) is 12.4 Å². The van der Waals surface area contributed by atoms with E-state index in [2.05, 4.69) is 27.2 Å². The standard InChI is InChI=1S/C17H22ClN5.ClH/c1-23-7-5-12(6-8-23)10-20-16-15(11-21-17(19)22-16)13-3-2-4-14(18)9-13;/h2-4,9,11-12H,5-8,10H2,1H3,(H3,19,20,21,22);1H. The topological polar surface area (TPSA) is 67.1 Å². The molecule has 0 unspecified atom stereocenters. The molecule has 2 aromatic rings. The molecule has 7 heteroatoms. The number of rotatable bonds is 4. The predicted molar refractivity (Wildman–Crippen MR) is 103 cm³/mol. The van der Waals surface area contributed by atoms with Crippen molar-refractivity contribution in [3.05, 3.63) is 35.5 Å². The highest BCUT2D eigenvalue weighted by molar-refractivity contribution is 6.30. The van der Waals surface area contributed by atoms with Gasteiger partial charge in [-0.05, 0) is 56.6 Å². The van der Waals surface area contributed by atoms with Gasteiger partial charge in [0.25, 0.3) is 0 Å². The normalized spacial score (nSPS) is 15.8. The molecule has 1 aromatic heterocycles. The van der Waals surface area contributed by atoms with E-state index in [0.717, 1.165) is 36.6 Å². The Morgan fingerprint density at radius 2 is 2.08 bits per heavy atom. The summed E-state index contributed by atoms with van der Waals surface area (Å²) in [6, 6.07) is 7.70. The highest BCUT2D eigenvalue weighted by Gasteiger charge is 2.17. The van der Waals surface area contributed by atoms with E-state index in [-0.39, 0.29) is 18.4 Å². The van der Waals surface area contributed by atoms with Gasteiger partial charge in [0.15, 0.2) is 0 Å². The van der Waals surface area contributed by atoms with Crippen molar-refractivity contribution in [2.24, 2.45) is 5.92 Å². The summed E-state index contributed by atoms with van der Waals surface area (Å²) < 4.78 is 0. The maximum Gasteiger partial charge on any atom is 0.221 e. The average molecular weight is 368 g/mol. The summed E-state index contributed by atoms with van der Waals surface area (Å²) in [5.74, 6) is 1.72. The number of hydrogen-bond acceptors (Lipinski definition) is 5. The van der Waals surface area contributed by atoms with Gasteiger partial charge in [-0.2, -0.15) is 4.98 Å². The molecule has 0 saturated carbocycles. The SMILES string of the molecule is CN1CCC(CNc2nc(N)ncc2-c2cccc(Cl)c2)CC1.Cl. The lowest BCUT2D eigenvalue weighted by molar-refractivity contribution is 0.226. The van der Waals surface area contributed by atoms with Gasteiger partial charge in [0.1, 0.15) is 5.82 Å². The van der Waals surface area contributed by atoms with Crippen molar-refractivity contribution in [3.8, 4) is 11.1 Å². The van der Waals surface area contributed by atoms with E-state index >= 15 is 0 Å². The van der Waals surface area contributed by atoms with Crippen LogP contribution in [-0.2, 0) is 0 Å². The van der Waals surface area contributed by atoms with Gasteiger partial charge in [0.2, 0.25) is 5.95 Å². The molecule has 1 fully saturated rings. The van der Waals surface area contributed by atoms with Crippen molar-refractivity contribution in [2.75, 3.05) is 37.7 Å². The number of nitrogens with two attached hydrogens (primary N) is 1. The third kappa shape index (κ3) is 4.72. The molecule has 0 spiro atoms. The molecule has 2 heterocycles. The second kappa shape index (κ2) is 8.51. The Labute approximate surface area is 154 Å². The van der Waals surface area contributed by atoms with Crippen LogP contribution in [0.4, 0.5) is 11.8 Å². The van der Waals surface area contributed by atoms with Crippen LogP contribution in [0.15, 0.2) is 30.5 Å². The molecule has 130 valence electrons. The summed E-state index contributed by atoms with van der Waals surface area (Å²) in [6.07, 6.45) is 4.16. The Hall–Kier alpha value is -1.56. The summed E-state index contributed by atoms with van der Waals surface area (Å²) in [7, 11) is 2.17. The molecule has 0 radical (unpaired) electrons. The third-order valence-corrected chi connectivity index (χ3v) is 4.57. The van der Waals surface area contributed by atoms with Crippen molar-refractivity contribution in [3.63, 3.8) is 0 Å². The van der Waals surface area contributed by atoms with Crippen molar-refractivity contribution in [1.29, 1.82) is 0 Å². The minimum atomic E-state index is 0.